The number of nitrogens with two attached hydrogens (primary N) is 1. The first kappa shape index (κ1) is 14.6. The summed E-state index contributed by atoms with van der Waals surface area (Å²) < 4.78 is 0. The highest BCUT2D eigenvalue weighted by molar-refractivity contribution is 5.57. The first-order valence-electron chi connectivity index (χ1n) is 7.13. The molecule has 0 spiro atoms. The number of aromatic nitrogens is 1. The maximum absolute atomic E-state index is 9.19. The minimum absolute atomic E-state index is 0.306. The van der Waals surface area contributed by atoms with Crippen LogP contribution in [0.1, 0.15) is 52.5 Å². The number of nitrogen functional groups attached to an aromatic ring is 1. The molecule has 0 radical (unpaired) electrons. The lowest BCUT2D eigenvalue weighted by Gasteiger charge is -2.45. The average molecular weight is 272 g/mol. The zero-order chi connectivity index (χ0) is 15.0. The third-order valence-electron chi connectivity index (χ3n) is 3.93. The molecule has 2 rings (SSSR count). The van der Waals surface area contributed by atoms with Gasteiger partial charge in [-0.25, -0.2) is 4.98 Å². The summed E-state index contributed by atoms with van der Waals surface area (Å²) in [5.74, 6) is 0.653. The standard InChI is InChI=1S/C16H24N4/c1-15(2)6-13(7-16(3,4)10-15)20-14-11(8-17)5-12(18)9-19-14/h5,9,13H,6-7,10,18H2,1-4H3,(H,19,20). The van der Waals surface area contributed by atoms with Crippen LogP contribution < -0.4 is 11.1 Å². The highest BCUT2D eigenvalue weighted by Gasteiger charge is 2.38. The van der Waals surface area contributed by atoms with Gasteiger partial charge in [-0.05, 0) is 36.2 Å². The van der Waals surface area contributed by atoms with Crippen LogP contribution in [0.3, 0.4) is 0 Å². The van der Waals surface area contributed by atoms with Crippen molar-refractivity contribution in [3.05, 3.63) is 17.8 Å². The number of hydrogen-bond acceptors (Lipinski definition) is 4. The van der Waals surface area contributed by atoms with E-state index in [1.807, 2.05) is 0 Å². The first-order valence-corrected chi connectivity index (χ1v) is 7.13. The van der Waals surface area contributed by atoms with Gasteiger partial charge in [0.1, 0.15) is 11.9 Å². The molecule has 0 bridgehead atoms. The van der Waals surface area contributed by atoms with E-state index >= 15 is 0 Å². The maximum Gasteiger partial charge on any atom is 0.144 e. The van der Waals surface area contributed by atoms with Gasteiger partial charge in [-0.3, -0.25) is 0 Å². The summed E-state index contributed by atoms with van der Waals surface area (Å²) in [5.41, 5.74) is 7.34. The summed E-state index contributed by atoms with van der Waals surface area (Å²) >= 11 is 0. The van der Waals surface area contributed by atoms with Crippen LogP contribution >= 0.6 is 0 Å². The molecule has 1 fully saturated rings. The van der Waals surface area contributed by atoms with E-state index in [1.165, 1.54) is 6.42 Å². The minimum Gasteiger partial charge on any atom is -0.397 e. The highest BCUT2D eigenvalue weighted by Crippen LogP contribution is 2.46. The summed E-state index contributed by atoms with van der Waals surface area (Å²) in [6, 6.07) is 4.18. The molecular formula is C16H24N4. The summed E-state index contributed by atoms with van der Waals surface area (Å²) in [6.45, 7) is 9.24. The van der Waals surface area contributed by atoms with Crippen LogP contribution in [0, 0.1) is 22.2 Å². The van der Waals surface area contributed by atoms with E-state index in [2.05, 4.69) is 44.1 Å². The molecule has 1 aliphatic carbocycles. The molecular weight excluding hydrogens is 248 g/mol. The largest absolute Gasteiger partial charge is 0.397 e. The molecule has 0 aromatic carbocycles. The Morgan fingerprint density at radius 1 is 1.30 bits per heavy atom. The van der Waals surface area contributed by atoms with Crippen LogP contribution in [0.25, 0.3) is 0 Å². The predicted molar refractivity (Wildman–Crippen MR) is 82.2 cm³/mol. The van der Waals surface area contributed by atoms with Gasteiger partial charge in [-0.15, -0.1) is 0 Å². The molecule has 0 saturated heterocycles. The minimum atomic E-state index is 0.306. The molecule has 1 aromatic rings. The smallest absolute Gasteiger partial charge is 0.144 e. The molecule has 1 heterocycles. The first-order chi connectivity index (χ1) is 9.21. The third kappa shape index (κ3) is 3.41. The van der Waals surface area contributed by atoms with Crippen LogP contribution in [0.5, 0.6) is 0 Å². The SMILES string of the molecule is CC1(C)CC(Nc2ncc(N)cc2C#N)CC(C)(C)C1. The Balaban J connectivity index is 2.20. The average Bonchev–Trinajstić information content (AvgIpc) is 2.27. The second-order valence-electron chi connectivity index (χ2n) is 7.53. The molecule has 0 aliphatic heterocycles. The molecule has 0 amide bonds. The van der Waals surface area contributed by atoms with Crippen molar-refractivity contribution in [2.24, 2.45) is 10.8 Å². The third-order valence-corrected chi connectivity index (χ3v) is 3.93. The molecule has 0 unspecified atom stereocenters. The quantitative estimate of drug-likeness (QED) is 0.863. The Bertz CT molecular complexity index is 524. The Hall–Kier alpha value is -1.76. The Morgan fingerprint density at radius 2 is 1.90 bits per heavy atom. The number of hydrogen-bond donors (Lipinski definition) is 2. The number of nitrogens with one attached hydrogen (secondary N) is 1. The van der Waals surface area contributed by atoms with E-state index in [1.54, 1.807) is 12.3 Å². The van der Waals surface area contributed by atoms with Crippen molar-refractivity contribution in [2.75, 3.05) is 11.1 Å². The van der Waals surface area contributed by atoms with E-state index in [0.29, 0.717) is 33.9 Å². The van der Waals surface area contributed by atoms with Crippen LogP contribution in [0.15, 0.2) is 12.3 Å². The fraction of sp³-hybridized carbons (Fsp3) is 0.625. The fourth-order valence-corrected chi connectivity index (χ4v) is 3.82. The zero-order valence-electron chi connectivity index (χ0n) is 12.8. The Labute approximate surface area is 121 Å². The second kappa shape index (κ2) is 4.97. The lowest BCUT2D eigenvalue weighted by molar-refractivity contribution is 0.105. The lowest BCUT2D eigenvalue weighted by atomic mass is 9.63. The molecule has 0 atom stereocenters. The van der Waals surface area contributed by atoms with Crippen molar-refractivity contribution < 1.29 is 0 Å². The maximum atomic E-state index is 9.19. The monoisotopic (exact) mass is 272 g/mol. The van der Waals surface area contributed by atoms with Crippen molar-refractivity contribution in [3.63, 3.8) is 0 Å². The van der Waals surface area contributed by atoms with Gasteiger partial charge < -0.3 is 11.1 Å². The van der Waals surface area contributed by atoms with Gasteiger partial charge in [0.15, 0.2) is 0 Å². The number of nitrogens with zero attached hydrogens (tertiary/aromatic N) is 2. The molecule has 3 N–H and O–H groups in total. The number of rotatable bonds is 2. The van der Waals surface area contributed by atoms with E-state index in [4.69, 9.17) is 5.73 Å². The van der Waals surface area contributed by atoms with Crippen molar-refractivity contribution in [2.45, 2.75) is 53.0 Å². The van der Waals surface area contributed by atoms with Crippen LogP contribution in [0.4, 0.5) is 11.5 Å². The second-order valence-corrected chi connectivity index (χ2v) is 7.53. The Morgan fingerprint density at radius 3 is 2.45 bits per heavy atom. The molecule has 4 nitrogen and oxygen atoms in total. The Kier molecular flexibility index (Phi) is 3.64. The lowest BCUT2D eigenvalue weighted by Crippen LogP contribution is -2.40. The molecule has 108 valence electrons. The fourth-order valence-electron chi connectivity index (χ4n) is 3.82. The van der Waals surface area contributed by atoms with Gasteiger partial charge in [-0.1, -0.05) is 27.7 Å². The normalized spacial score (nSPS) is 21.1. The summed E-state index contributed by atoms with van der Waals surface area (Å²) in [4.78, 5) is 4.28. The van der Waals surface area contributed by atoms with Crippen molar-refractivity contribution in [1.29, 1.82) is 5.26 Å². The zero-order valence-corrected chi connectivity index (χ0v) is 12.8. The van der Waals surface area contributed by atoms with Gasteiger partial charge in [0, 0.05) is 6.04 Å². The van der Waals surface area contributed by atoms with E-state index < -0.39 is 0 Å². The summed E-state index contributed by atoms with van der Waals surface area (Å²) in [5, 5.41) is 12.6. The highest BCUT2D eigenvalue weighted by atomic mass is 15.0. The van der Waals surface area contributed by atoms with Crippen molar-refractivity contribution in [1.82, 2.24) is 4.98 Å². The molecule has 1 aromatic heterocycles. The number of anilines is 2. The van der Waals surface area contributed by atoms with Crippen LogP contribution in [0.2, 0.25) is 0 Å². The topological polar surface area (TPSA) is 74.7 Å². The molecule has 1 aliphatic rings. The van der Waals surface area contributed by atoms with E-state index in [0.717, 1.165) is 12.8 Å². The van der Waals surface area contributed by atoms with Gasteiger partial charge in [-0.2, -0.15) is 5.26 Å². The van der Waals surface area contributed by atoms with Gasteiger partial charge in [0.05, 0.1) is 17.4 Å². The van der Waals surface area contributed by atoms with Crippen LogP contribution in [-0.2, 0) is 0 Å². The number of nitriles is 1. The van der Waals surface area contributed by atoms with E-state index in [9.17, 15) is 5.26 Å². The predicted octanol–water partition coefficient (Wildman–Crippen LogP) is 3.55. The van der Waals surface area contributed by atoms with Gasteiger partial charge >= 0.3 is 0 Å². The van der Waals surface area contributed by atoms with Crippen LogP contribution in [-0.4, -0.2) is 11.0 Å². The van der Waals surface area contributed by atoms with Gasteiger partial charge in [0.2, 0.25) is 0 Å². The molecule has 20 heavy (non-hydrogen) atoms. The van der Waals surface area contributed by atoms with Gasteiger partial charge in [0.25, 0.3) is 0 Å². The molecule has 1 saturated carbocycles. The summed E-state index contributed by atoms with van der Waals surface area (Å²) in [7, 11) is 0. The summed E-state index contributed by atoms with van der Waals surface area (Å²) in [6.07, 6.45) is 5.00. The molecule has 4 heteroatoms. The van der Waals surface area contributed by atoms with Crippen molar-refractivity contribution >= 4 is 11.5 Å². The van der Waals surface area contributed by atoms with Crippen molar-refractivity contribution in [3.8, 4) is 6.07 Å². The number of pyridine rings is 1. The van der Waals surface area contributed by atoms with E-state index in [-0.39, 0.29) is 0 Å².